The molecule has 0 N–H and O–H groups in total. The van der Waals surface area contributed by atoms with Gasteiger partial charge in [0.2, 0.25) is 5.91 Å². The van der Waals surface area contributed by atoms with Crippen LogP contribution in [0.3, 0.4) is 0 Å². The molecule has 3 nitrogen and oxygen atoms in total. The molecular weight excluding hydrogens is 174 g/mol. The fourth-order valence-corrected chi connectivity index (χ4v) is 3.35. The van der Waals surface area contributed by atoms with E-state index in [2.05, 4.69) is 0 Å². The van der Waals surface area contributed by atoms with E-state index in [1.807, 2.05) is 18.7 Å². The number of fused-ring (bicyclic) bond motifs is 1. The van der Waals surface area contributed by atoms with Gasteiger partial charge in [0.25, 0.3) is 0 Å². The van der Waals surface area contributed by atoms with E-state index in [1.54, 1.807) is 11.8 Å². The van der Waals surface area contributed by atoms with Crippen LogP contribution < -0.4 is 0 Å². The van der Waals surface area contributed by atoms with Crippen molar-refractivity contribution < 1.29 is 9.59 Å². The molecule has 2 fully saturated rings. The van der Waals surface area contributed by atoms with E-state index < -0.39 is 0 Å². The first-order chi connectivity index (χ1) is 5.58. The van der Waals surface area contributed by atoms with E-state index >= 15 is 0 Å². The summed E-state index contributed by atoms with van der Waals surface area (Å²) in [6, 6.07) is 0.0613. The average Bonchev–Trinajstić information content (AvgIpc) is 2.21. The number of carbonyl (C=O) groups is 2. The van der Waals surface area contributed by atoms with Crippen LogP contribution in [0.5, 0.6) is 0 Å². The number of nitrogens with zero attached hydrogens (tertiary/aromatic N) is 1. The average molecular weight is 185 g/mol. The first-order valence-electron chi connectivity index (χ1n) is 4.04. The Morgan fingerprint density at radius 2 is 2.42 bits per heavy atom. The highest BCUT2D eigenvalue weighted by molar-refractivity contribution is 8.02. The number of rotatable bonds is 1. The molecule has 1 unspecified atom stereocenters. The molecule has 12 heavy (non-hydrogen) atoms. The van der Waals surface area contributed by atoms with Gasteiger partial charge in [-0.05, 0) is 13.8 Å². The summed E-state index contributed by atoms with van der Waals surface area (Å²) < 4.78 is -0.378. The summed E-state index contributed by atoms with van der Waals surface area (Å²) in [5, 5.41) is 0.266. The van der Waals surface area contributed by atoms with Crippen LogP contribution in [-0.2, 0) is 9.59 Å². The molecule has 0 radical (unpaired) electrons. The minimum absolute atomic E-state index is 0.0613. The van der Waals surface area contributed by atoms with Gasteiger partial charge in [0.05, 0.1) is 22.6 Å². The van der Waals surface area contributed by atoms with Crippen molar-refractivity contribution in [1.29, 1.82) is 0 Å². The lowest BCUT2D eigenvalue weighted by molar-refractivity contribution is -0.143. The molecule has 3 atom stereocenters. The van der Waals surface area contributed by atoms with Crippen LogP contribution in [0.15, 0.2) is 0 Å². The predicted molar refractivity (Wildman–Crippen MR) is 46.8 cm³/mol. The summed E-state index contributed by atoms with van der Waals surface area (Å²) in [5.41, 5.74) is 0. The smallest absolute Gasteiger partial charge is 0.226 e. The molecule has 66 valence electrons. The van der Waals surface area contributed by atoms with Gasteiger partial charge in [0.15, 0.2) is 0 Å². The van der Waals surface area contributed by atoms with Crippen molar-refractivity contribution in [3.63, 3.8) is 0 Å². The number of β-lactam (4-membered cyclic amide) rings is 1. The lowest BCUT2D eigenvalue weighted by Crippen LogP contribution is -2.53. The molecule has 0 aromatic heterocycles. The second kappa shape index (κ2) is 2.25. The summed E-state index contributed by atoms with van der Waals surface area (Å²) in [6.07, 6.45) is 1.58. The molecule has 0 aromatic carbocycles. The third-order valence-corrected chi connectivity index (χ3v) is 4.43. The summed E-state index contributed by atoms with van der Waals surface area (Å²) in [6.45, 7) is 3.85. The molecule has 2 rings (SSSR count). The van der Waals surface area contributed by atoms with E-state index in [9.17, 15) is 9.59 Å². The second-order valence-electron chi connectivity index (χ2n) is 3.56. The molecule has 4 heteroatoms. The van der Waals surface area contributed by atoms with Crippen LogP contribution in [-0.4, -0.2) is 33.3 Å². The van der Waals surface area contributed by atoms with Crippen LogP contribution in [0.2, 0.25) is 0 Å². The van der Waals surface area contributed by atoms with Gasteiger partial charge in [0, 0.05) is 0 Å². The van der Waals surface area contributed by atoms with Gasteiger partial charge in [-0.1, -0.05) is 0 Å². The van der Waals surface area contributed by atoms with Crippen LogP contribution >= 0.6 is 11.8 Å². The monoisotopic (exact) mass is 185 g/mol. The van der Waals surface area contributed by atoms with Crippen molar-refractivity contribution in [1.82, 2.24) is 4.90 Å². The normalized spacial score (nSPS) is 45.5. The van der Waals surface area contributed by atoms with E-state index in [0.717, 1.165) is 6.29 Å². The fourth-order valence-electron chi connectivity index (χ4n) is 1.76. The summed E-state index contributed by atoms with van der Waals surface area (Å²) in [4.78, 5) is 23.7. The Morgan fingerprint density at radius 1 is 1.75 bits per heavy atom. The fraction of sp³-hybridized carbons (Fsp3) is 0.750. The second-order valence-corrected chi connectivity index (χ2v) is 5.21. The Balaban J connectivity index is 2.25. The van der Waals surface area contributed by atoms with E-state index in [1.165, 1.54) is 0 Å². The maximum Gasteiger partial charge on any atom is 0.226 e. The Hall–Kier alpha value is -0.510. The van der Waals surface area contributed by atoms with Crippen LogP contribution in [0.1, 0.15) is 20.3 Å². The highest BCUT2D eigenvalue weighted by Crippen LogP contribution is 2.49. The number of hydrogen-bond donors (Lipinski definition) is 0. The first-order valence-corrected chi connectivity index (χ1v) is 4.92. The zero-order chi connectivity index (χ0) is 8.93. The molecular formula is C8H11NO2S. The summed E-state index contributed by atoms with van der Waals surface area (Å²) in [5.74, 6) is 0.186. The number of aldehydes is 1. The van der Waals surface area contributed by atoms with Crippen molar-refractivity contribution in [3.8, 4) is 0 Å². The Kier molecular flexibility index (Phi) is 1.52. The lowest BCUT2D eigenvalue weighted by Gasteiger charge is -2.36. The van der Waals surface area contributed by atoms with Crippen molar-refractivity contribution in [3.05, 3.63) is 0 Å². The van der Waals surface area contributed by atoms with Crippen LogP contribution in [0.25, 0.3) is 0 Å². The van der Waals surface area contributed by atoms with Crippen molar-refractivity contribution in [2.75, 3.05) is 0 Å². The Bertz CT molecular complexity index is 255. The highest BCUT2D eigenvalue weighted by Gasteiger charge is 2.55. The summed E-state index contributed by atoms with van der Waals surface area (Å²) in [7, 11) is 0. The quantitative estimate of drug-likeness (QED) is 0.444. The number of carbonyl (C=O) groups excluding carboxylic acids is 2. The minimum atomic E-state index is -0.378. The molecule has 1 amide bonds. The molecule has 0 aromatic rings. The highest BCUT2D eigenvalue weighted by atomic mass is 32.2. The molecule has 2 saturated heterocycles. The third kappa shape index (κ3) is 0.787. The third-order valence-electron chi connectivity index (χ3n) is 2.82. The van der Waals surface area contributed by atoms with Crippen molar-refractivity contribution in [2.45, 2.75) is 36.4 Å². The van der Waals surface area contributed by atoms with Gasteiger partial charge in [-0.15, -0.1) is 11.8 Å². The van der Waals surface area contributed by atoms with E-state index in [4.69, 9.17) is 0 Å². The first kappa shape index (κ1) is 8.10. The van der Waals surface area contributed by atoms with E-state index in [0.29, 0.717) is 6.42 Å². The maximum absolute atomic E-state index is 11.1. The molecule has 2 aliphatic heterocycles. The predicted octanol–water partition coefficient (Wildman–Crippen LogP) is 0.638. The zero-order valence-corrected chi connectivity index (χ0v) is 7.93. The number of hydrogen-bond acceptors (Lipinski definition) is 3. The van der Waals surface area contributed by atoms with Crippen molar-refractivity contribution >= 4 is 24.0 Å². The van der Waals surface area contributed by atoms with Gasteiger partial charge in [0.1, 0.15) is 6.29 Å². The molecule has 2 heterocycles. The molecule has 0 aliphatic carbocycles. The van der Waals surface area contributed by atoms with Crippen molar-refractivity contribution in [2.24, 2.45) is 0 Å². The topological polar surface area (TPSA) is 37.4 Å². The van der Waals surface area contributed by atoms with Gasteiger partial charge >= 0.3 is 0 Å². The lowest BCUT2D eigenvalue weighted by atomic mass is 10.00. The van der Waals surface area contributed by atoms with Gasteiger partial charge in [-0.25, -0.2) is 0 Å². The number of thioether (sulfide) groups is 1. The molecule has 2 aliphatic rings. The zero-order valence-electron chi connectivity index (χ0n) is 7.11. The van der Waals surface area contributed by atoms with Crippen LogP contribution in [0, 0.1) is 0 Å². The molecule has 0 bridgehead atoms. The molecule has 0 saturated carbocycles. The minimum Gasteiger partial charge on any atom is -0.326 e. The molecule has 0 spiro atoms. The van der Waals surface area contributed by atoms with E-state index in [-0.39, 0.29) is 22.1 Å². The van der Waals surface area contributed by atoms with Gasteiger partial charge in [-0.2, -0.15) is 0 Å². The van der Waals surface area contributed by atoms with Crippen LogP contribution in [0.4, 0.5) is 0 Å². The SMILES string of the molecule is C[C@@H]1N2C(=O)CC2S[C@@]1(C)C=O. The summed E-state index contributed by atoms with van der Waals surface area (Å²) >= 11 is 1.61. The Labute approximate surface area is 75.5 Å². The van der Waals surface area contributed by atoms with Gasteiger partial charge in [-0.3, -0.25) is 4.79 Å². The van der Waals surface area contributed by atoms with Gasteiger partial charge < -0.3 is 9.69 Å². The largest absolute Gasteiger partial charge is 0.326 e. The number of amides is 1. The maximum atomic E-state index is 11.1. The standard InChI is InChI=1S/C8H11NO2S/c1-5-8(2,4-10)12-7-3-6(11)9(5)7/h4-5,7H,3H2,1-2H3/t5-,7?,8-/m0/s1. The Morgan fingerprint density at radius 3 is 2.83 bits per heavy atom.